The molecule has 1 unspecified atom stereocenters. The Hall–Kier alpha value is -3.16. The first-order valence-corrected chi connectivity index (χ1v) is 8.35. The van der Waals surface area contributed by atoms with Crippen LogP contribution in [0.15, 0.2) is 40.3 Å². The van der Waals surface area contributed by atoms with E-state index in [0.717, 1.165) is 5.70 Å². The number of aromatic amines is 2. The van der Waals surface area contributed by atoms with E-state index in [9.17, 15) is 19.7 Å². The SMILES string of the molecule is CC1(C)CC(=O)C2=C(C1)Nc1[nH][nH]c(=O)c1C2c1ccccc1[N+](=O)[O-]. The van der Waals surface area contributed by atoms with Gasteiger partial charge >= 0.3 is 0 Å². The second kappa shape index (κ2) is 5.42. The average molecular weight is 354 g/mol. The lowest BCUT2D eigenvalue weighted by atomic mass is 9.69. The molecule has 0 bridgehead atoms. The lowest BCUT2D eigenvalue weighted by Gasteiger charge is -2.37. The summed E-state index contributed by atoms with van der Waals surface area (Å²) < 4.78 is 0. The third-order valence-corrected chi connectivity index (χ3v) is 5.03. The first-order valence-electron chi connectivity index (χ1n) is 8.35. The van der Waals surface area contributed by atoms with E-state index < -0.39 is 10.8 Å². The number of nitro groups is 1. The minimum atomic E-state index is -0.763. The number of H-pyrrole nitrogens is 2. The first kappa shape index (κ1) is 16.3. The van der Waals surface area contributed by atoms with Crippen molar-refractivity contribution in [2.45, 2.75) is 32.6 Å². The van der Waals surface area contributed by atoms with E-state index >= 15 is 0 Å². The van der Waals surface area contributed by atoms with E-state index in [2.05, 4.69) is 15.5 Å². The minimum Gasteiger partial charge on any atom is -0.343 e. The average Bonchev–Trinajstić information content (AvgIpc) is 2.92. The van der Waals surface area contributed by atoms with Gasteiger partial charge in [0.05, 0.1) is 16.4 Å². The predicted molar refractivity (Wildman–Crippen MR) is 95.0 cm³/mol. The van der Waals surface area contributed by atoms with Gasteiger partial charge < -0.3 is 5.32 Å². The molecule has 0 saturated heterocycles. The second-order valence-corrected chi connectivity index (χ2v) is 7.57. The van der Waals surface area contributed by atoms with E-state index in [1.807, 2.05) is 13.8 Å². The number of allylic oxidation sites excluding steroid dienone is 2. The summed E-state index contributed by atoms with van der Waals surface area (Å²) in [6, 6.07) is 6.27. The number of nitrogens with one attached hydrogen (secondary N) is 3. The number of rotatable bonds is 2. The molecule has 3 N–H and O–H groups in total. The van der Waals surface area contributed by atoms with Gasteiger partial charge in [-0.1, -0.05) is 32.0 Å². The zero-order chi connectivity index (χ0) is 18.6. The van der Waals surface area contributed by atoms with Gasteiger partial charge in [0.1, 0.15) is 5.82 Å². The summed E-state index contributed by atoms with van der Waals surface area (Å²) in [4.78, 5) is 36.4. The molecule has 0 fully saturated rings. The third-order valence-electron chi connectivity index (χ3n) is 5.03. The van der Waals surface area contributed by atoms with Gasteiger partial charge in [0.25, 0.3) is 11.2 Å². The molecule has 0 saturated carbocycles. The van der Waals surface area contributed by atoms with Crippen LogP contribution in [0.2, 0.25) is 0 Å². The van der Waals surface area contributed by atoms with Gasteiger partial charge in [-0.2, -0.15) is 0 Å². The van der Waals surface area contributed by atoms with Crippen molar-refractivity contribution in [1.29, 1.82) is 0 Å². The van der Waals surface area contributed by atoms with Crippen molar-refractivity contribution in [3.63, 3.8) is 0 Å². The van der Waals surface area contributed by atoms with Crippen LogP contribution in [0.1, 0.15) is 43.7 Å². The normalized spacial score (nSPS) is 21.0. The van der Waals surface area contributed by atoms with Crippen LogP contribution in [0.3, 0.4) is 0 Å². The Morgan fingerprint density at radius 1 is 1.15 bits per heavy atom. The largest absolute Gasteiger partial charge is 0.343 e. The van der Waals surface area contributed by atoms with Crippen LogP contribution in [-0.4, -0.2) is 20.9 Å². The third kappa shape index (κ3) is 2.37. The highest BCUT2D eigenvalue weighted by Crippen LogP contribution is 2.48. The number of carbonyl (C=O) groups excluding carboxylic acids is 1. The molecule has 1 aromatic carbocycles. The number of ketones is 1. The molecule has 1 aromatic heterocycles. The highest BCUT2D eigenvalue weighted by Gasteiger charge is 2.44. The molecule has 8 nitrogen and oxygen atoms in total. The van der Waals surface area contributed by atoms with Gasteiger partial charge in [-0.15, -0.1) is 0 Å². The zero-order valence-electron chi connectivity index (χ0n) is 14.4. The summed E-state index contributed by atoms with van der Waals surface area (Å²) >= 11 is 0. The van der Waals surface area contributed by atoms with Crippen molar-refractivity contribution in [1.82, 2.24) is 10.2 Å². The lowest BCUT2D eigenvalue weighted by Crippen LogP contribution is -2.35. The first-order chi connectivity index (χ1) is 12.3. The van der Waals surface area contributed by atoms with Gasteiger partial charge in [-0.3, -0.25) is 29.9 Å². The number of aromatic nitrogens is 2. The number of hydrogen-bond donors (Lipinski definition) is 3. The highest BCUT2D eigenvalue weighted by atomic mass is 16.6. The van der Waals surface area contributed by atoms with E-state index in [1.54, 1.807) is 18.2 Å². The van der Waals surface area contributed by atoms with Crippen molar-refractivity contribution in [3.05, 3.63) is 67.1 Å². The van der Waals surface area contributed by atoms with E-state index in [1.165, 1.54) is 6.07 Å². The van der Waals surface area contributed by atoms with Gasteiger partial charge in [-0.25, -0.2) is 0 Å². The molecule has 2 heterocycles. The quantitative estimate of drug-likeness (QED) is 0.565. The number of benzene rings is 1. The Balaban J connectivity index is 2.01. The number of carbonyl (C=O) groups is 1. The van der Waals surface area contributed by atoms with E-state index in [4.69, 9.17) is 0 Å². The molecule has 0 amide bonds. The van der Waals surface area contributed by atoms with Crippen LogP contribution >= 0.6 is 0 Å². The molecule has 1 atom stereocenters. The molecule has 8 heteroatoms. The van der Waals surface area contributed by atoms with Gasteiger partial charge in [0.2, 0.25) is 0 Å². The van der Waals surface area contributed by atoms with Crippen LogP contribution in [0.4, 0.5) is 11.5 Å². The van der Waals surface area contributed by atoms with E-state index in [-0.39, 0.29) is 22.4 Å². The molecule has 1 aliphatic carbocycles. The summed E-state index contributed by atoms with van der Waals surface area (Å²) in [5, 5.41) is 20.0. The van der Waals surface area contributed by atoms with Gasteiger partial charge in [-0.05, 0) is 11.8 Å². The second-order valence-electron chi connectivity index (χ2n) is 7.57. The maximum atomic E-state index is 13.0. The van der Waals surface area contributed by atoms with Gasteiger partial charge in [0.15, 0.2) is 5.78 Å². The summed E-state index contributed by atoms with van der Waals surface area (Å²) in [5.74, 6) is -0.387. The summed E-state index contributed by atoms with van der Waals surface area (Å²) in [6.07, 6.45) is 0.958. The number of hydrogen-bond acceptors (Lipinski definition) is 5. The molecule has 0 radical (unpaired) electrons. The van der Waals surface area contributed by atoms with Gasteiger partial charge in [0, 0.05) is 29.3 Å². The zero-order valence-corrected chi connectivity index (χ0v) is 14.4. The predicted octanol–water partition coefficient (Wildman–Crippen LogP) is 2.81. The van der Waals surface area contributed by atoms with E-state index in [0.29, 0.717) is 35.4 Å². The lowest BCUT2D eigenvalue weighted by molar-refractivity contribution is -0.385. The fourth-order valence-electron chi connectivity index (χ4n) is 4.03. The Morgan fingerprint density at radius 3 is 2.62 bits per heavy atom. The Morgan fingerprint density at radius 2 is 1.88 bits per heavy atom. The molecular formula is C18H18N4O4. The van der Waals surface area contributed by atoms with Crippen molar-refractivity contribution in [3.8, 4) is 0 Å². The number of nitrogens with zero attached hydrogens (tertiary/aromatic N) is 1. The van der Waals surface area contributed by atoms with Crippen molar-refractivity contribution in [2.75, 3.05) is 5.32 Å². The molecule has 2 aliphatic rings. The Labute approximate surface area is 148 Å². The molecule has 134 valence electrons. The molecule has 4 rings (SSSR count). The maximum Gasteiger partial charge on any atom is 0.273 e. The highest BCUT2D eigenvalue weighted by molar-refractivity contribution is 6.01. The summed E-state index contributed by atoms with van der Waals surface area (Å²) in [6.45, 7) is 4.01. The number of anilines is 1. The van der Waals surface area contributed by atoms with Crippen LogP contribution < -0.4 is 10.9 Å². The maximum absolute atomic E-state index is 13.0. The number of fused-ring (bicyclic) bond motifs is 1. The Kier molecular flexibility index (Phi) is 3.40. The molecule has 2 aromatic rings. The fraction of sp³-hybridized carbons (Fsp3) is 0.333. The molecule has 26 heavy (non-hydrogen) atoms. The van der Waals surface area contributed by atoms with Crippen molar-refractivity contribution in [2.24, 2.45) is 5.41 Å². The smallest absolute Gasteiger partial charge is 0.273 e. The minimum absolute atomic E-state index is 0.0850. The standard InChI is InChI=1S/C18H18N4O4/c1-18(2)7-10-14(12(23)8-18)13(15-16(19-10)20-21-17(15)24)9-5-3-4-6-11(9)22(25)26/h3-6,13H,7-8H2,1-2H3,(H3,19,20,21,24). The molecule has 0 spiro atoms. The monoisotopic (exact) mass is 354 g/mol. The fourth-order valence-corrected chi connectivity index (χ4v) is 4.03. The van der Waals surface area contributed by atoms with Crippen LogP contribution in [0.25, 0.3) is 0 Å². The van der Waals surface area contributed by atoms with Crippen LogP contribution in [0, 0.1) is 15.5 Å². The molecule has 1 aliphatic heterocycles. The van der Waals surface area contributed by atoms with Crippen LogP contribution in [-0.2, 0) is 4.79 Å². The Bertz CT molecular complexity index is 1030. The summed E-state index contributed by atoms with van der Waals surface area (Å²) in [5.41, 5.74) is 1.13. The van der Waals surface area contributed by atoms with Crippen LogP contribution in [0.5, 0.6) is 0 Å². The van der Waals surface area contributed by atoms with Crippen molar-refractivity contribution < 1.29 is 9.72 Å². The topological polar surface area (TPSA) is 121 Å². The van der Waals surface area contributed by atoms with Crippen molar-refractivity contribution >= 4 is 17.3 Å². The number of para-hydroxylation sites is 1. The number of Topliss-reactive ketones (excluding diaryl/α,β-unsaturated/α-hetero) is 1. The molecular weight excluding hydrogens is 336 g/mol. The number of nitro benzene ring substituents is 1. The summed E-state index contributed by atoms with van der Waals surface area (Å²) in [7, 11) is 0.